The Labute approximate surface area is 132 Å². The Morgan fingerprint density at radius 3 is 2.43 bits per heavy atom. The van der Waals surface area contributed by atoms with E-state index >= 15 is 0 Å². The van der Waals surface area contributed by atoms with E-state index in [-0.39, 0.29) is 5.54 Å². The molecular weight excluding hydrogens is 260 g/mol. The number of hydrogen-bond donors (Lipinski definition) is 1. The van der Waals surface area contributed by atoms with Gasteiger partial charge in [-0.3, -0.25) is 4.90 Å². The van der Waals surface area contributed by atoms with Gasteiger partial charge in [0.15, 0.2) is 0 Å². The van der Waals surface area contributed by atoms with E-state index in [2.05, 4.69) is 32.6 Å². The van der Waals surface area contributed by atoms with Crippen molar-refractivity contribution >= 4 is 0 Å². The maximum absolute atomic E-state index is 6.30. The summed E-state index contributed by atoms with van der Waals surface area (Å²) in [5, 5.41) is 0. The van der Waals surface area contributed by atoms with E-state index in [1.165, 1.54) is 32.1 Å². The van der Waals surface area contributed by atoms with E-state index in [1.807, 2.05) is 0 Å². The first-order chi connectivity index (χ1) is 9.95. The lowest BCUT2D eigenvalue weighted by Crippen LogP contribution is -2.55. The van der Waals surface area contributed by atoms with Gasteiger partial charge in [-0.25, -0.2) is 0 Å². The number of rotatable bonds is 8. The molecule has 1 fully saturated rings. The summed E-state index contributed by atoms with van der Waals surface area (Å²) in [5.74, 6) is 2.35. The van der Waals surface area contributed by atoms with Crippen LogP contribution in [0.3, 0.4) is 0 Å². The molecule has 126 valence electrons. The third-order valence-corrected chi connectivity index (χ3v) is 5.34. The minimum absolute atomic E-state index is 0.201. The monoisotopic (exact) mass is 298 g/mol. The molecule has 0 aromatic rings. The van der Waals surface area contributed by atoms with Crippen LogP contribution in [0.1, 0.15) is 59.8 Å². The lowest BCUT2D eigenvalue weighted by atomic mass is 9.85. The van der Waals surface area contributed by atoms with Crippen molar-refractivity contribution in [2.24, 2.45) is 23.5 Å². The van der Waals surface area contributed by atoms with Crippen LogP contribution in [0.15, 0.2) is 0 Å². The summed E-state index contributed by atoms with van der Waals surface area (Å²) in [6.45, 7) is 13.1. The second kappa shape index (κ2) is 9.12. The predicted molar refractivity (Wildman–Crippen MR) is 91.5 cm³/mol. The van der Waals surface area contributed by atoms with Crippen molar-refractivity contribution in [2.75, 3.05) is 33.4 Å². The van der Waals surface area contributed by atoms with Crippen LogP contribution in [0.5, 0.6) is 0 Å². The Bertz CT molecular complexity index is 280. The van der Waals surface area contributed by atoms with Gasteiger partial charge in [0, 0.05) is 32.3 Å². The number of nitrogens with zero attached hydrogens (tertiary/aromatic N) is 1. The fourth-order valence-electron chi connectivity index (χ4n) is 3.90. The van der Waals surface area contributed by atoms with Gasteiger partial charge in [-0.2, -0.15) is 0 Å². The molecule has 1 saturated carbocycles. The van der Waals surface area contributed by atoms with Gasteiger partial charge in [0.05, 0.1) is 6.61 Å². The molecule has 0 aromatic carbocycles. The van der Waals surface area contributed by atoms with Gasteiger partial charge in [0.1, 0.15) is 0 Å². The highest BCUT2D eigenvalue weighted by atomic mass is 16.5. The number of methoxy groups -OCH3 is 1. The largest absolute Gasteiger partial charge is 0.383 e. The molecule has 0 amide bonds. The summed E-state index contributed by atoms with van der Waals surface area (Å²) in [6, 6.07) is 0. The number of hydrogen-bond acceptors (Lipinski definition) is 3. The first-order valence-electron chi connectivity index (χ1n) is 8.89. The van der Waals surface area contributed by atoms with Crippen molar-refractivity contribution in [3.8, 4) is 0 Å². The quantitative estimate of drug-likeness (QED) is 0.697. The van der Waals surface area contributed by atoms with Crippen LogP contribution >= 0.6 is 0 Å². The predicted octanol–water partition coefficient (Wildman–Crippen LogP) is 3.52. The van der Waals surface area contributed by atoms with E-state index in [9.17, 15) is 0 Å². The zero-order valence-electron chi connectivity index (χ0n) is 15.0. The van der Waals surface area contributed by atoms with Crippen molar-refractivity contribution < 1.29 is 4.74 Å². The highest BCUT2D eigenvalue weighted by Gasteiger charge is 2.37. The highest BCUT2D eigenvalue weighted by Crippen LogP contribution is 2.37. The molecule has 1 aliphatic carbocycles. The van der Waals surface area contributed by atoms with Crippen LogP contribution in [0.25, 0.3) is 0 Å². The second-order valence-electron chi connectivity index (χ2n) is 7.70. The molecule has 0 saturated heterocycles. The SMILES string of the molecule is COCCN(CC(C)C)C1(CN)CCCC(C(C)C)CC1. The van der Waals surface area contributed by atoms with E-state index in [0.29, 0.717) is 5.92 Å². The summed E-state index contributed by atoms with van der Waals surface area (Å²) in [6.07, 6.45) is 6.53. The Morgan fingerprint density at radius 1 is 1.19 bits per heavy atom. The van der Waals surface area contributed by atoms with Crippen LogP contribution in [-0.2, 0) is 4.74 Å². The van der Waals surface area contributed by atoms with Crippen LogP contribution < -0.4 is 5.73 Å². The summed E-state index contributed by atoms with van der Waals surface area (Å²) in [7, 11) is 1.80. The summed E-state index contributed by atoms with van der Waals surface area (Å²) < 4.78 is 5.34. The molecule has 1 aliphatic rings. The minimum atomic E-state index is 0.201. The lowest BCUT2D eigenvalue weighted by Gasteiger charge is -2.44. The summed E-state index contributed by atoms with van der Waals surface area (Å²) in [4.78, 5) is 2.64. The molecule has 3 nitrogen and oxygen atoms in total. The first-order valence-corrected chi connectivity index (χ1v) is 8.89. The van der Waals surface area contributed by atoms with Gasteiger partial charge < -0.3 is 10.5 Å². The second-order valence-corrected chi connectivity index (χ2v) is 7.70. The topological polar surface area (TPSA) is 38.5 Å². The van der Waals surface area contributed by atoms with Crippen molar-refractivity contribution in [3.05, 3.63) is 0 Å². The molecule has 0 aliphatic heterocycles. The molecule has 0 radical (unpaired) electrons. The third-order valence-electron chi connectivity index (χ3n) is 5.34. The first kappa shape index (κ1) is 18.9. The van der Waals surface area contributed by atoms with Gasteiger partial charge in [-0.1, -0.05) is 40.5 Å². The lowest BCUT2D eigenvalue weighted by molar-refractivity contribution is 0.0382. The smallest absolute Gasteiger partial charge is 0.0589 e. The van der Waals surface area contributed by atoms with Gasteiger partial charge in [0.2, 0.25) is 0 Å². The van der Waals surface area contributed by atoms with Gasteiger partial charge in [-0.15, -0.1) is 0 Å². The molecule has 2 N–H and O–H groups in total. The zero-order valence-corrected chi connectivity index (χ0v) is 15.0. The average Bonchev–Trinajstić information content (AvgIpc) is 2.66. The zero-order chi connectivity index (χ0) is 15.9. The molecular formula is C18H38N2O. The number of ether oxygens (including phenoxy) is 1. The van der Waals surface area contributed by atoms with Gasteiger partial charge in [0.25, 0.3) is 0 Å². The number of nitrogens with two attached hydrogens (primary N) is 1. The molecule has 0 aromatic heterocycles. The Morgan fingerprint density at radius 2 is 1.90 bits per heavy atom. The fourth-order valence-corrected chi connectivity index (χ4v) is 3.90. The Kier molecular flexibility index (Phi) is 8.22. The van der Waals surface area contributed by atoms with Crippen LogP contribution in [0.4, 0.5) is 0 Å². The minimum Gasteiger partial charge on any atom is -0.383 e. The van der Waals surface area contributed by atoms with E-state index in [4.69, 9.17) is 10.5 Å². The molecule has 0 spiro atoms. The van der Waals surface area contributed by atoms with Gasteiger partial charge >= 0.3 is 0 Å². The van der Waals surface area contributed by atoms with Crippen molar-refractivity contribution in [1.82, 2.24) is 4.90 Å². The molecule has 2 atom stereocenters. The maximum atomic E-state index is 6.30. The summed E-state index contributed by atoms with van der Waals surface area (Å²) >= 11 is 0. The van der Waals surface area contributed by atoms with Crippen molar-refractivity contribution in [2.45, 2.75) is 65.3 Å². The molecule has 21 heavy (non-hydrogen) atoms. The molecule has 1 rings (SSSR count). The fraction of sp³-hybridized carbons (Fsp3) is 1.00. The maximum Gasteiger partial charge on any atom is 0.0589 e. The molecule has 0 heterocycles. The third kappa shape index (κ3) is 5.54. The van der Waals surface area contributed by atoms with Crippen LogP contribution in [-0.4, -0.2) is 43.8 Å². The normalized spacial score (nSPS) is 27.6. The Balaban J connectivity index is 2.82. The van der Waals surface area contributed by atoms with Crippen LogP contribution in [0, 0.1) is 17.8 Å². The highest BCUT2D eigenvalue weighted by molar-refractivity contribution is 4.95. The Hall–Kier alpha value is -0.120. The molecule has 0 bridgehead atoms. The summed E-state index contributed by atoms with van der Waals surface area (Å²) in [5.41, 5.74) is 6.50. The average molecular weight is 299 g/mol. The van der Waals surface area contributed by atoms with Crippen LogP contribution in [0.2, 0.25) is 0 Å². The van der Waals surface area contributed by atoms with E-state index in [0.717, 1.165) is 38.1 Å². The van der Waals surface area contributed by atoms with Crippen molar-refractivity contribution in [1.29, 1.82) is 0 Å². The van der Waals surface area contributed by atoms with E-state index < -0.39 is 0 Å². The molecule has 3 heteroatoms. The van der Waals surface area contributed by atoms with E-state index in [1.54, 1.807) is 7.11 Å². The standard InChI is InChI=1S/C18H38N2O/c1-15(2)13-20(11-12-21-5)18(14-19)9-6-7-17(8-10-18)16(3)4/h15-17H,6-14,19H2,1-5H3. The van der Waals surface area contributed by atoms with Crippen molar-refractivity contribution in [3.63, 3.8) is 0 Å². The van der Waals surface area contributed by atoms with Gasteiger partial charge in [-0.05, 0) is 37.0 Å². The molecule has 2 unspecified atom stereocenters.